The molecule has 37 heavy (non-hydrogen) atoms. The zero-order chi connectivity index (χ0) is 26.0. The number of nitrogens with one attached hydrogen (secondary N) is 2. The normalized spacial score (nSPS) is 21.5. The van der Waals surface area contributed by atoms with E-state index in [0.717, 1.165) is 31.4 Å². The minimum absolute atomic E-state index is 0.00141. The van der Waals surface area contributed by atoms with Crippen molar-refractivity contribution < 1.29 is 19.5 Å². The number of carboxylic acids is 1. The number of imidazole rings is 1. The van der Waals surface area contributed by atoms with Crippen molar-refractivity contribution in [2.24, 2.45) is 11.3 Å². The number of amides is 2. The highest BCUT2D eigenvalue weighted by Crippen LogP contribution is 2.34. The molecule has 4 heterocycles. The predicted octanol–water partition coefficient (Wildman–Crippen LogP) is 2.52. The van der Waals surface area contributed by atoms with Crippen molar-refractivity contribution >= 4 is 23.4 Å². The maximum atomic E-state index is 13.3. The molecule has 196 valence electrons. The van der Waals surface area contributed by atoms with E-state index >= 15 is 0 Å². The smallest absolute Gasteiger partial charge is 0.319 e. The number of carbonyl (C=O) groups excluding carboxylic acids is 2. The summed E-state index contributed by atoms with van der Waals surface area (Å²) in [6, 6.07) is 4.94. The van der Waals surface area contributed by atoms with Crippen molar-refractivity contribution in [2.45, 2.75) is 70.9 Å². The Hall–Kier alpha value is -3.76. The number of carboxylic acid groups (broad SMARTS) is 1. The zero-order valence-electron chi connectivity index (χ0n) is 21.0. The molecule has 3 aromatic rings. The monoisotopic (exact) mass is 507 g/mol. The van der Waals surface area contributed by atoms with Gasteiger partial charge in [-0.15, -0.1) is 0 Å². The Morgan fingerprint density at radius 1 is 1.22 bits per heavy atom. The third-order valence-corrected chi connectivity index (χ3v) is 7.78. The molecule has 3 aromatic heterocycles. The largest absolute Gasteiger partial charge is 0.480 e. The van der Waals surface area contributed by atoms with E-state index in [2.05, 4.69) is 20.8 Å². The van der Waals surface area contributed by atoms with Gasteiger partial charge in [0.1, 0.15) is 5.69 Å². The van der Waals surface area contributed by atoms with E-state index < -0.39 is 17.3 Å². The molecule has 3 N–H and O–H groups in total. The van der Waals surface area contributed by atoms with Crippen molar-refractivity contribution in [3.63, 3.8) is 0 Å². The fraction of sp³-hybridized carbons (Fsp3) is 0.538. The molecule has 0 radical (unpaired) electrons. The second-order valence-electron chi connectivity index (χ2n) is 10.1. The van der Waals surface area contributed by atoms with Crippen molar-refractivity contribution in [3.8, 4) is 0 Å². The Bertz CT molecular complexity index is 1310. The molecular formula is C26H33N7O4. The fourth-order valence-corrected chi connectivity index (χ4v) is 5.68. The Balaban J connectivity index is 1.45. The number of aryl methyl sites for hydroxylation is 1. The number of aromatic nitrogens is 5. The summed E-state index contributed by atoms with van der Waals surface area (Å²) in [5, 5.41) is 24.5. The highest BCUT2D eigenvalue weighted by atomic mass is 16.4. The van der Waals surface area contributed by atoms with Crippen LogP contribution in [-0.2, 0) is 22.6 Å². The first-order valence-corrected chi connectivity index (χ1v) is 13.1. The second kappa shape index (κ2) is 10.3. The highest BCUT2D eigenvalue weighted by Gasteiger charge is 2.49. The van der Waals surface area contributed by atoms with Crippen LogP contribution >= 0.6 is 0 Å². The van der Waals surface area contributed by atoms with Gasteiger partial charge >= 0.3 is 5.97 Å². The molecule has 11 nitrogen and oxygen atoms in total. The SMILES string of the molecule is CCn1nccc1C(=O)N[C@H](c1cn2nc(CC3(C(=O)O)CCNC3=O)ccc2n1)C1CCCCCC1. The van der Waals surface area contributed by atoms with Gasteiger partial charge in [0.2, 0.25) is 5.91 Å². The molecule has 1 unspecified atom stereocenters. The van der Waals surface area contributed by atoms with Crippen LogP contribution in [0.15, 0.2) is 30.6 Å². The Morgan fingerprint density at radius 2 is 2.00 bits per heavy atom. The van der Waals surface area contributed by atoms with Crippen LogP contribution in [-0.4, -0.2) is 53.8 Å². The van der Waals surface area contributed by atoms with E-state index in [0.29, 0.717) is 30.1 Å². The first-order chi connectivity index (χ1) is 17.9. The summed E-state index contributed by atoms with van der Waals surface area (Å²) in [7, 11) is 0. The molecule has 1 saturated carbocycles. The van der Waals surface area contributed by atoms with E-state index in [4.69, 9.17) is 4.98 Å². The van der Waals surface area contributed by atoms with E-state index in [1.54, 1.807) is 33.6 Å². The third kappa shape index (κ3) is 4.82. The van der Waals surface area contributed by atoms with Gasteiger partial charge in [0, 0.05) is 25.7 Å². The molecule has 1 saturated heterocycles. The molecule has 2 fully saturated rings. The first-order valence-electron chi connectivity index (χ1n) is 13.1. The van der Waals surface area contributed by atoms with E-state index in [9.17, 15) is 19.5 Å². The maximum absolute atomic E-state index is 13.3. The van der Waals surface area contributed by atoms with Crippen LogP contribution in [0.25, 0.3) is 5.65 Å². The molecule has 0 aromatic carbocycles. The van der Waals surface area contributed by atoms with Gasteiger partial charge in [-0.3, -0.25) is 19.1 Å². The third-order valence-electron chi connectivity index (χ3n) is 7.78. The van der Waals surface area contributed by atoms with E-state index in [1.807, 2.05) is 13.1 Å². The van der Waals surface area contributed by atoms with Crippen LogP contribution in [0.4, 0.5) is 0 Å². The summed E-state index contributed by atoms with van der Waals surface area (Å²) in [6.45, 7) is 2.88. The second-order valence-corrected chi connectivity index (χ2v) is 10.1. The van der Waals surface area contributed by atoms with Crippen LogP contribution in [0.2, 0.25) is 0 Å². The Kier molecular flexibility index (Phi) is 6.94. The summed E-state index contributed by atoms with van der Waals surface area (Å²) in [5.74, 6) is -1.56. The van der Waals surface area contributed by atoms with Gasteiger partial charge < -0.3 is 15.7 Å². The van der Waals surface area contributed by atoms with Gasteiger partial charge in [-0.2, -0.15) is 10.2 Å². The number of hydrogen-bond acceptors (Lipinski definition) is 6. The molecule has 2 aliphatic rings. The minimum Gasteiger partial charge on any atom is -0.480 e. The quantitative estimate of drug-likeness (QED) is 0.314. The molecule has 1 aliphatic heterocycles. The van der Waals surface area contributed by atoms with Crippen molar-refractivity contribution in [2.75, 3.05) is 6.54 Å². The maximum Gasteiger partial charge on any atom is 0.319 e. The van der Waals surface area contributed by atoms with E-state index in [-0.39, 0.29) is 30.7 Å². The predicted molar refractivity (Wildman–Crippen MR) is 134 cm³/mol. The number of rotatable bonds is 8. The Labute approximate surface area is 214 Å². The van der Waals surface area contributed by atoms with Gasteiger partial charge in [0.25, 0.3) is 5.91 Å². The van der Waals surface area contributed by atoms with Crippen LogP contribution < -0.4 is 10.6 Å². The lowest BCUT2D eigenvalue weighted by atomic mass is 9.81. The summed E-state index contributed by atoms with van der Waals surface area (Å²) >= 11 is 0. The van der Waals surface area contributed by atoms with Gasteiger partial charge in [0.15, 0.2) is 11.1 Å². The lowest BCUT2D eigenvalue weighted by Crippen LogP contribution is -2.40. The molecule has 0 spiro atoms. The number of fused-ring (bicyclic) bond motifs is 1. The molecule has 1 aliphatic carbocycles. The lowest BCUT2D eigenvalue weighted by Gasteiger charge is -2.26. The number of carbonyl (C=O) groups is 3. The number of nitrogens with zero attached hydrogens (tertiary/aromatic N) is 5. The van der Waals surface area contributed by atoms with Crippen LogP contribution in [0.5, 0.6) is 0 Å². The molecule has 0 bridgehead atoms. The van der Waals surface area contributed by atoms with Crippen LogP contribution in [0.1, 0.15) is 79.8 Å². The number of hydrogen-bond donors (Lipinski definition) is 3. The molecule has 11 heteroatoms. The number of aliphatic carboxylic acids is 1. The molecule has 2 amide bonds. The highest BCUT2D eigenvalue weighted by molar-refractivity contribution is 6.03. The van der Waals surface area contributed by atoms with Crippen molar-refractivity contribution in [1.82, 2.24) is 35.0 Å². The Morgan fingerprint density at radius 3 is 2.68 bits per heavy atom. The molecular weight excluding hydrogens is 474 g/mol. The summed E-state index contributed by atoms with van der Waals surface area (Å²) in [4.78, 5) is 42.4. The minimum atomic E-state index is -1.51. The summed E-state index contributed by atoms with van der Waals surface area (Å²) in [6.07, 6.45) is 10.3. The fourth-order valence-electron chi connectivity index (χ4n) is 5.68. The first kappa shape index (κ1) is 24.9. The summed E-state index contributed by atoms with van der Waals surface area (Å²) < 4.78 is 3.30. The van der Waals surface area contributed by atoms with Gasteiger partial charge in [-0.25, -0.2) is 9.50 Å². The summed E-state index contributed by atoms with van der Waals surface area (Å²) in [5.41, 5.74) is 0.824. The van der Waals surface area contributed by atoms with Crippen molar-refractivity contribution in [3.05, 3.63) is 47.7 Å². The van der Waals surface area contributed by atoms with Gasteiger partial charge in [-0.05, 0) is 50.3 Å². The zero-order valence-corrected chi connectivity index (χ0v) is 21.0. The average Bonchev–Trinajstić information content (AvgIpc) is 3.56. The van der Waals surface area contributed by atoms with Crippen LogP contribution in [0, 0.1) is 11.3 Å². The molecule has 2 atom stereocenters. The topological polar surface area (TPSA) is 144 Å². The standard InChI is InChI=1S/C26H33N7O4/c1-2-32-20(11-13-28-32)23(34)30-22(17-7-5-3-4-6-8-17)19-16-33-21(29-19)10-9-18(31-33)15-26(25(36)37)12-14-27-24(26)35/h9-11,13,16-17,22H,2-8,12,14-15H2,1H3,(H,27,35)(H,30,34)(H,36,37)/t22-,26?/m0/s1. The average molecular weight is 508 g/mol. The molecule has 5 rings (SSSR count). The lowest BCUT2D eigenvalue weighted by molar-refractivity contribution is -0.153. The van der Waals surface area contributed by atoms with Crippen molar-refractivity contribution in [1.29, 1.82) is 0 Å². The van der Waals surface area contributed by atoms with E-state index in [1.165, 1.54) is 12.8 Å². The van der Waals surface area contributed by atoms with Gasteiger partial charge in [0.05, 0.1) is 23.6 Å². The van der Waals surface area contributed by atoms with Gasteiger partial charge in [-0.1, -0.05) is 25.7 Å². The van der Waals surface area contributed by atoms with Crippen LogP contribution in [0.3, 0.4) is 0 Å².